The lowest BCUT2D eigenvalue weighted by Gasteiger charge is -2.15. The fourth-order valence-electron chi connectivity index (χ4n) is 2.09. The summed E-state index contributed by atoms with van der Waals surface area (Å²) in [5, 5.41) is 13.4. The second-order valence-electron chi connectivity index (χ2n) is 4.20. The molecule has 0 aliphatic rings. The van der Waals surface area contributed by atoms with Crippen molar-refractivity contribution < 1.29 is 5.11 Å². The van der Waals surface area contributed by atoms with Crippen molar-refractivity contribution in [2.75, 3.05) is 13.2 Å². The van der Waals surface area contributed by atoms with Gasteiger partial charge in [-0.25, -0.2) is 0 Å². The zero-order chi connectivity index (χ0) is 13.0. The molecule has 2 heterocycles. The van der Waals surface area contributed by atoms with Crippen LogP contribution in [0.2, 0.25) is 0 Å². The number of rotatable bonds is 5. The number of aromatic nitrogens is 3. The molecule has 0 aliphatic heterocycles. The summed E-state index contributed by atoms with van der Waals surface area (Å²) in [6, 6.07) is 7.79. The van der Waals surface area contributed by atoms with Crippen LogP contribution in [0.15, 0.2) is 30.5 Å². The van der Waals surface area contributed by atoms with E-state index in [1.54, 1.807) is 6.20 Å². The van der Waals surface area contributed by atoms with E-state index < -0.39 is 0 Å². The van der Waals surface area contributed by atoms with Crippen LogP contribution < -0.4 is 5.73 Å². The normalized spacial score (nSPS) is 12.6. The molecule has 0 spiro atoms. The van der Waals surface area contributed by atoms with Crippen molar-refractivity contribution in [1.29, 1.82) is 0 Å². The van der Waals surface area contributed by atoms with Gasteiger partial charge in [0.15, 0.2) is 0 Å². The Morgan fingerprint density at radius 2 is 2.28 bits per heavy atom. The molecule has 2 rings (SSSR count). The Labute approximate surface area is 106 Å². The van der Waals surface area contributed by atoms with E-state index in [1.165, 1.54) is 0 Å². The van der Waals surface area contributed by atoms with Gasteiger partial charge in [-0.2, -0.15) is 5.10 Å². The van der Waals surface area contributed by atoms with Crippen LogP contribution in [0, 0.1) is 6.92 Å². The molecule has 18 heavy (non-hydrogen) atoms. The molecular weight excluding hydrogens is 228 g/mol. The monoisotopic (exact) mass is 246 g/mol. The predicted octanol–water partition coefficient (Wildman–Crippen LogP) is 0.669. The lowest BCUT2D eigenvalue weighted by molar-refractivity contribution is 0.266. The molecule has 0 aromatic carbocycles. The minimum atomic E-state index is 0.0129. The molecule has 1 unspecified atom stereocenters. The standard InChI is InChI=1S/C13H18N4O/c1-10-8-13(17(16-10)6-7-18)11(9-14)12-4-2-3-5-15-12/h2-5,8,11,18H,6-7,9,14H2,1H3. The average Bonchev–Trinajstić information content (AvgIpc) is 2.73. The highest BCUT2D eigenvalue weighted by Gasteiger charge is 2.18. The van der Waals surface area contributed by atoms with Gasteiger partial charge in [0.25, 0.3) is 0 Å². The molecule has 0 saturated carbocycles. The van der Waals surface area contributed by atoms with E-state index in [4.69, 9.17) is 10.8 Å². The van der Waals surface area contributed by atoms with Crippen molar-refractivity contribution in [1.82, 2.24) is 14.8 Å². The third kappa shape index (κ3) is 2.57. The predicted molar refractivity (Wildman–Crippen MR) is 69.2 cm³/mol. The average molecular weight is 246 g/mol. The van der Waals surface area contributed by atoms with E-state index in [0.29, 0.717) is 13.1 Å². The molecule has 2 aromatic heterocycles. The van der Waals surface area contributed by atoms with Crippen LogP contribution in [0.25, 0.3) is 0 Å². The van der Waals surface area contributed by atoms with Gasteiger partial charge in [-0.1, -0.05) is 6.07 Å². The number of nitrogens with two attached hydrogens (primary N) is 1. The van der Waals surface area contributed by atoms with Gasteiger partial charge in [0, 0.05) is 18.4 Å². The largest absolute Gasteiger partial charge is 0.394 e. The number of aryl methyl sites for hydroxylation is 1. The highest BCUT2D eigenvalue weighted by atomic mass is 16.3. The SMILES string of the molecule is Cc1cc(C(CN)c2ccccn2)n(CCO)n1. The fraction of sp³-hybridized carbons (Fsp3) is 0.385. The Morgan fingerprint density at radius 3 is 2.89 bits per heavy atom. The Hall–Kier alpha value is -1.72. The topological polar surface area (TPSA) is 77.0 Å². The van der Waals surface area contributed by atoms with Gasteiger partial charge in [-0.3, -0.25) is 9.67 Å². The fourth-order valence-corrected chi connectivity index (χ4v) is 2.09. The van der Waals surface area contributed by atoms with Crippen LogP contribution >= 0.6 is 0 Å². The lowest BCUT2D eigenvalue weighted by atomic mass is 10.0. The van der Waals surface area contributed by atoms with Gasteiger partial charge in [0.1, 0.15) is 0 Å². The summed E-state index contributed by atoms with van der Waals surface area (Å²) in [5.74, 6) is 0.0129. The van der Waals surface area contributed by atoms with Crippen LogP contribution in [-0.4, -0.2) is 33.0 Å². The van der Waals surface area contributed by atoms with E-state index in [2.05, 4.69) is 10.1 Å². The molecule has 0 saturated heterocycles. The van der Waals surface area contributed by atoms with Gasteiger partial charge in [0.05, 0.1) is 30.5 Å². The second-order valence-corrected chi connectivity index (χ2v) is 4.20. The summed E-state index contributed by atoms with van der Waals surface area (Å²) in [4.78, 5) is 4.35. The van der Waals surface area contributed by atoms with Crippen molar-refractivity contribution in [3.05, 3.63) is 47.5 Å². The van der Waals surface area contributed by atoms with Gasteiger partial charge in [-0.05, 0) is 25.1 Å². The first kappa shape index (κ1) is 12.7. The number of aliphatic hydroxyl groups excluding tert-OH is 1. The maximum absolute atomic E-state index is 9.07. The first-order valence-electron chi connectivity index (χ1n) is 6.02. The lowest BCUT2D eigenvalue weighted by Crippen LogP contribution is -2.20. The molecule has 5 heteroatoms. The molecule has 3 N–H and O–H groups in total. The Balaban J connectivity index is 2.38. The van der Waals surface area contributed by atoms with Gasteiger partial charge in [-0.15, -0.1) is 0 Å². The Morgan fingerprint density at radius 1 is 1.44 bits per heavy atom. The third-order valence-corrected chi connectivity index (χ3v) is 2.88. The quantitative estimate of drug-likeness (QED) is 0.813. The van der Waals surface area contributed by atoms with E-state index in [-0.39, 0.29) is 12.5 Å². The molecule has 0 radical (unpaired) electrons. The number of nitrogens with zero attached hydrogens (tertiary/aromatic N) is 3. The van der Waals surface area contributed by atoms with Crippen LogP contribution in [0.1, 0.15) is 23.0 Å². The molecular formula is C13H18N4O. The number of pyridine rings is 1. The number of aliphatic hydroxyl groups is 1. The zero-order valence-corrected chi connectivity index (χ0v) is 10.5. The first-order valence-corrected chi connectivity index (χ1v) is 6.02. The molecule has 0 bridgehead atoms. The molecule has 1 atom stereocenters. The Kier molecular flexibility index (Phi) is 4.07. The van der Waals surface area contributed by atoms with E-state index in [0.717, 1.165) is 17.1 Å². The highest BCUT2D eigenvalue weighted by molar-refractivity contribution is 5.25. The summed E-state index contributed by atoms with van der Waals surface area (Å²) in [6.07, 6.45) is 1.76. The van der Waals surface area contributed by atoms with E-state index in [9.17, 15) is 0 Å². The maximum Gasteiger partial charge on any atom is 0.0644 e. The summed E-state index contributed by atoms with van der Waals surface area (Å²) in [7, 11) is 0. The molecule has 2 aromatic rings. The maximum atomic E-state index is 9.07. The van der Waals surface area contributed by atoms with Crippen LogP contribution in [0.4, 0.5) is 0 Å². The summed E-state index contributed by atoms with van der Waals surface area (Å²) < 4.78 is 1.81. The van der Waals surface area contributed by atoms with Crippen LogP contribution in [-0.2, 0) is 6.54 Å². The van der Waals surface area contributed by atoms with Crippen LogP contribution in [0.3, 0.4) is 0 Å². The van der Waals surface area contributed by atoms with Crippen LogP contribution in [0.5, 0.6) is 0 Å². The van der Waals surface area contributed by atoms with Crippen molar-refractivity contribution in [2.24, 2.45) is 5.73 Å². The zero-order valence-electron chi connectivity index (χ0n) is 10.5. The van der Waals surface area contributed by atoms with Crippen molar-refractivity contribution in [3.63, 3.8) is 0 Å². The van der Waals surface area contributed by atoms with Crippen molar-refractivity contribution >= 4 is 0 Å². The smallest absolute Gasteiger partial charge is 0.0644 e. The summed E-state index contributed by atoms with van der Waals surface area (Å²) >= 11 is 0. The first-order chi connectivity index (χ1) is 8.76. The minimum Gasteiger partial charge on any atom is -0.394 e. The van der Waals surface area contributed by atoms with Crippen molar-refractivity contribution in [2.45, 2.75) is 19.4 Å². The summed E-state index contributed by atoms with van der Waals surface area (Å²) in [6.45, 7) is 2.94. The van der Waals surface area contributed by atoms with Gasteiger partial charge in [0.2, 0.25) is 0 Å². The van der Waals surface area contributed by atoms with E-state index in [1.807, 2.05) is 35.9 Å². The van der Waals surface area contributed by atoms with Crippen molar-refractivity contribution in [3.8, 4) is 0 Å². The van der Waals surface area contributed by atoms with Gasteiger partial charge < -0.3 is 10.8 Å². The molecule has 0 aliphatic carbocycles. The molecule has 0 fully saturated rings. The second kappa shape index (κ2) is 5.75. The summed E-state index contributed by atoms with van der Waals surface area (Å²) in [5.41, 5.74) is 8.72. The molecule has 5 nitrogen and oxygen atoms in total. The molecule has 0 amide bonds. The number of hydrogen-bond donors (Lipinski definition) is 2. The molecule has 96 valence electrons. The highest BCUT2D eigenvalue weighted by Crippen LogP contribution is 2.22. The third-order valence-electron chi connectivity index (χ3n) is 2.88. The Bertz CT molecular complexity index is 495. The number of hydrogen-bond acceptors (Lipinski definition) is 4. The van der Waals surface area contributed by atoms with Gasteiger partial charge >= 0.3 is 0 Å². The minimum absolute atomic E-state index is 0.0129. The van der Waals surface area contributed by atoms with E-state index >= 15 is 0 Å².